The molecule has 0 unspecified atom stereocenters. The van der Waals surface area contributed by atoms with Gasteiger partial charge in [-0.15, -0.1) is 0 Å². The maximum Gasteiger partial charge on any atom is 0.244 e. The summed E-state index contributed by atoms with van der Waals surface area (Å²) < 4.78 is 3.36. The number of hydrogen-bond donors (Lipinski definition) is 0. The van der Waals surface area contributed by atoms with Gasteiger partial charge < -0.3 is 0 Å². The fourth-order valence-electron chi connectivity index (χ4n) is 2.16. The summed E-state index contributed by atoms with van der Waals surface area (Å²) in [4.78, 5) is 16.0. The molecule has 3 heterocycles. The van der Waals surface area contributed by atoms with Crippen molar-refractivity contribution in [2.24, 2.45) is 0 Å². The molecule has 0 N–H and O–H groups in total. The Morgan fingerprint density at radius 1 is 1.28 bits per heavy atom. The Labute approximate surface area is 104 Å². The molecule has 0 fully saturated rings. The molecule has 0 atom stereocenters. The van der Waals surface area contributed by atoms with E-state index < -0.39 is 0 Å². The van der Waals surface area contributed by atoms with Crippen molar-refractivity contribution in [1.29, 1.82) is 0 Å². The van der Waals surface area contributed by atoms with Crippen LogP contribution in [0.3, 0.4) is 0 Å². The standard InChI is InChI=1S/C13H12N4O/c1-9-13(11-6-7-14-17(11)10(2)18)16-8-4-3-5-12(16)15-9/h3-8H,1-2H3. The van der Waals surface area contributed by atoms with Gasteiger partial charge in [0.2, 0.25) is 5.91 Å². The first-order valence-electron chi connectivity index (χ1n) is 5.67. The molecule has 0 aliphatic rings. The summed E-state index contributed by atoms with van der Waals surface area (Å²) in [7, 11) is 0. The van der Waals surface area contributed by atoms with Gasteiger partial charge in [0.15, 0.2) is 0 Å². The molecule has 3 aromatic heterocycles. The van der Waals surface area contributed by atoms with Gasteiger partial charge in [0.1, 0.15) is 5.65 Å². The Morgan fingerprint density at radius 2 is 2.11 bits per heavy atom. The molecule has 18 heavy (non-hydrogen) atoms. The summed E-state index contributed by atoms with van der Waals surface area (Å²) in [5, 5.41) is 4.05. The molecule has 90 valence electrons. The molecule has 0 amide bonds. The molecule has 3 rings (SSSR count). The van der Waals surface area contributed by atoms with Crippen molar-refractivity contribution >= 4 is 11.6 Å². The van der Waals surface area contributed by atoms with Gasteiger partial charge in [0, 0.05) is 13.1 Å². The van der Waals surface area contributed by atoms with Crippen LogP contribution in [0.5, 0.6) is 0 Å². The molecular formula is C13H12N4O. The Morgan fingerprint density at radius 3 is 2.89 bits per heavy atom. The monoisotopic (exact) mass is 240 g/mol. The van der Waals surface area contributed by atoms with Crippen LogP contribution >= 0.6 is 0 Å². The molecule has 3 aromatic rings. The molecular weight excluding hydrogens is 228 g/mol. The number of carbonyl (C=O) groups excluding carboxylic acids is 1. The molecule has 0 bridgehead atoms. The molecule has 0 saturated carbocycles. The fourth-order valence-corrected chi connectivity index (χ4v) is 2.16. The van der Waals surface area contributed by atoms with Crippen LogP contribution in [-0.4, -0.2) is 25.1 Å². The minimum atomic E-state index is -0.111. The number of hydrogen-bond acceptors (Lipinski definition) is 3. The topological polar surface area (TPSA) is 52.2 Å². The van der Waals surface area contributed by atoms with E-state index in [1.807, 2.05) is 41.8 Å². The third kappa shape index (κ3) is 1.44. The number of aromatic nitrogens is 4. The number of fused-ring (bicyclic) bond motifs is 1. The zero-order valence-electron chi connectivity index (χ0n) is 10.2. The average molecular weight is 240 g/mol. The van der Waals surface area contributed by atoms with Gasteiger partial charge in [-0.05, 0) is 25.1 Å². The normalized spacial score (nSPS) is 11.0. The van der Waals surface area contributed by atoms with E-state index in [0.717, 1.165) is 22.7 Å². The molecule has 5 nitrogen and oxygen atoms in total. The highest BCUT2D eigenvalue weighted by atomic mass is 16.2. The van der Waals surface area contributed by atoms with Crippen LogP contribution < -0.4 is 0 Å². The molecule has 0 aliphatic carbocycles. The number of rotatable bonds is 1. The van der Waals surface area contributed by atoms with Crippen molar-refractivity contribution in [3.8, 4) is 11.4 Å². The molecule has 5 heteroatoms. The lowest BCUT2D eigenvalue weighted by molar-refractivity contribution is 0.0923. The van der Waals surface area contributed by atoms with E-state index in [-0.39, 0.29) is 5.91 Å². The zero-order valence-corrected chi connectivity index (χ0v) is 10.2. The van der Waals surface area contributed by atoms with Crippen LogP contribution in [0.25, 0.3) is 17.0 Å². The second-order valence-electron chi connectivity index (χ2n) is 4.12. The highest BCUT2D eigenvalue weighted by molar-refractivity contribution is 5.81. The van der Waals surface area contributed by atoms with Crippen molar-refractivity contribution in [3.05, 3.63) is 42.4 Å². The first-order valence-corrected chi connectivity index (χ1v) is 5.67. The van der Waals surface area contributed by atoms with Gasteiger partial charge in [-0.1, -0.05) is 6.07 Å². The molecule has 0 aliphatic heterocycles. The highest BCUT2D eigenvalue weighted by Gasteiger charge is 2.16. The van der Waals surface area contributed by atoms with Gasteiger partial charge in [0.25, 0.3) is 0 Å². The second kappa shape index (κ2) is 3.80. The van der Waals surface area contributed by atoms with Crippen molar-refractivity contribution in [2.45, 2.75) is 13.8 Å². The van der Waals surface area contributed by atoms with Gasteiger partial charge in [-0.25, -0.2) is 4.98 Å². The minimum Gasteiger partial charge on any atom is -0.298 e. The quantitative estimate of drug-likeness (QED) is 0.655. The average Bonchev–Trinajstić information content (AvgIpc) is 2.91. The number of carbonyl (C=O) groups is 1. The van der Waals surface area contributed by atoms with E-state index in [1.54, 1.807) is 6.20 Å². The lowest BCUT2D eigenvalue weighted by atomic mass is 10.2. The summed E-state index contributed by atoms with van der Waals surface area (Å²) in [6.45, 7) is 3.43. The van der Waals surface area contributed by atoms with Gasteiger partial charge in [0.05, 0.1) is 23.3 Å². The Balaban J connectivity index is 2.34. The number of imidazole rings is 1. The number of pyridine rings is 1. The second-order valence-corrected chi connectivity index (χ2v) is 4.12. The Kier molecular flexibility index (Phi) is 2.26. The summed E-state index contributed by atoms with van der Waals surface area (Å²) in [6, 6.07) is 7.63. The van der Waals surface area contributed by atoms with Gasteiger partial charge in [-0.2, -0.15) is 9.78 Å². The first kappa shape index (κ1) is 10.7. The highest BCUT2D eigenvalue weighted by Crippen LogP contribution is 2.24. The lowest BCUT2D eigenvalue weighted by Gasteiger charge is -2.04. The van der Waals surface area contributed by atoms with Crippen LogP contribution in [0.1, 0.15) is 17.4 Å². The van der Waals surface area contributed by atoms with Crippen molar-refractivity contribution in [3.63, 3.8) is 0 Å². The van der Waals surface area contributed by atoms with Gasteiger partial charge >= 0.3 is 0 Å². The maximum atomic E-state index is 11.5. The largest absolute Gasteiger partial charge is 0.298 e. The Bertz CT molecular complexity index is 738. The van der Waals surface area contributed by atoms with Crippen LogP contribution in [0.2, 0.25) is 0 Å². The lowest BCUT2D eigenvalue weighted by Crippen LogP contribution is -2.10. The molecule has 0 radical (unpaired) electrons. The van der Waals surface area contributed by atoms with E-state index in [1.165, 1.54) is 11.6 Å². The van der Waals surface area contributed by atoms with Crippen molar-refractivity contribution < 1.29 is 4.79 Å². The summed E-state index contributed by atoms with van der Waals surface area (Å²) in [5.41, 5.74) is 3.41. The molecule has 0 saturated heterocycles. The van der Waals surface area contributed by atoms with E-state index >= 15 is 0 Å². The van der Waals surface area contributed by atoms with Gasteiger partial charge in [-0.3, -0.25) is 9.20 Å². The molecule has 0 aromatic carbocycles. The third-order valence-corrected chi connectivity index (χ3v) is 2.89. The fraction of sp³-hybridized carbons (Fsp3) is 0.154. The predicted molar refractivity (Wildman–Crippen MR) is 67.5 cm³/mol. The molecule has 0 spiro atoms. The zero-order chi connectivity index (χ0) is 12.7. The van der Waals surface area contributed by atoms with E-state index in [2.05, 4.69) is 10.1 Å². The smallest absolute Gasteiger partial charge is 0.244 e. The van der Waals surface area contributed by atoms with Crippen LogP contribution in [-0.2, 0) is 0 Å². The van der Waals surface area contributed by atoms with E-state index in [9.17, 15) is 4.79 Å². The first-order chi connectivity index (χ1) is 8.68. The summed E-state index contributed by atoms with van der Waals surface area (Å²) >= 11 is 0. The van der Waals surface area contributed by atoms with Crippen molar-refractivity contribution in [2.75, 3.05) is 0 Å². The third-order valence-electron chi connectivity index (χ3n) is 2.89. The van der Waals surface area contributed by atoms with Crippen LogP contribution in [0, 0.1) is 6.92 Å². The number of aryl methyl sites for hydroxylation is 1. The summed E-state index contributed by atoms with van der Waals surface area (Å²) in [5.74, 6) is -0.111. The van der Waals surface area contributed by atoms with E-state index in [0.29, 0.717) is 0 Å². The van der Waals surface area contributed by atoms with Crippen LogP contribution in [0.15, 0.2) is 36.7 Å². The minimum absolute atomic E-state index is 0.111. The van der Waals surface area contributed by atoms with E-state index in [4.69, 9.17) is 0 Å². The SMILES string of the molecule is CC(=O)n1nccc1-c1c(C)nc2ccccn12. The van der Waals surface area contributed by atoms with Crippen molar-refractivity contribution in [1.82, 2.24) is 19.2 Å². The maximum absolute atomic E-state index is 11.5. The Hall–Kier alpha value is -2.43. The van der Waals surface area contributed by atoms with Crippen LogP contribution in [0.4, 0.5) is 0 Å². The predicted octanol–water partition coefficient (Wildman–Crippen LogP) is 2.17. The summed E-state index contributed by atoms with van der Waals surface area (Å²) in [6.07, 6.45) is 3.56. The number of nitrogens with zero attached hydrogens (tertiary/aromatic N) is 4.